The minimum absolute atomic E-state index is 0.0236. The van der Waals surface area contributed by atoms with Crippen molar-refractivity contribution in [1.82, 2.24) is 5.32 Å². The molecule has 11 atom stereocenters. The maximum absolute atomic E-state index is 14.5. The van der Waals surface area contributed by atoms with Crippen molar-refractivity contribution in [2.45, 2.75) is 135 Å². The van der Waals surface area contributed by atoms with E-state index in [1.54, 1.807) is 108 Å². The average molecular weight is 928 g/mol. The summed E-state index contributed by atoms with van der Waals surface area (Å²) < 4.78 is 36.1. The maximum Gasteiger partial charge on any atom is 0.408 e. The lowest BCUT2D eigenvalue weighted by atomic mass is 9.52. The van der Waals surface area contributed by atoms with Crippen molar-refractivity contribution in [2.24, 2.45) is 17.3 Å². The number of benzene rings is 3. The number of amides is 1. The number of nitrogens with one attached hydrogen (secondary N) is 1. The van der Waals surface area contributed by atoms with Crippen molar-refractivity contribution < 1.29 is 72.5 Å². The van der Waals surface area contributed by atoms with Crippen LogP contribution in [0.4, 0.5) is 4.79 Å². The summed E-state index contributed by atoms with van der Waals surface area (Å²) in [4.78, 5) is 82.8. The molecule has 0 aromatic heterocycles. The number of esters is 4. The van der Waals surface area contributed by atoms with Gasteiger partial charge in [0.25, 0.3) is 0 Å². The van der Waals surface area contributed by atoms with Gasteiger partial charge >= 0.3 is 30.0 Å². The summed E-state index contributed by atoms with van der Waals surface area (Å²) in [7, 11) is 0. The molecule has 1 heterocycles. The quantitative estimate of drug-likeness (QED) is 0.0856. The monoisotopic (exact) mass is 927 g/mol. The Hall–Kier alpha value is -5.94. The number of aliphatic hydroxyl groups excluding tert-OH is 2. The lowest BCUT2D eigenvalue weighted by molar-refractivity contribution is -0.332. The standard InChI is InChI=1S/C51H61NO15/c1-28-35(55)25-37-50(27-62-37,66-31(4)54)39(28)43(65-45(58)34-23-17-12-18-24-34)51(61)26-36(29(2)38(49(51,8)9)42(30(3)53)64-44(57)33-21-15-11-16-22-33)63-46(59)41(56)40(32-19-13-10-14-20-32)52-47(60)67-48(5,6)7/h10-24,28,35-37,39-43,55-56,61H,25-27H2,1-9H3,(H,52,60)/t28-,35-,36-,37+,39?,40-,41+,42-,43-,50-,51+/m0/s1. The second kappa shape index (κ2) is 19.7. The highest BCUT2D eigenvalue weighted by Gasteiger charge is 2.71. The van der Waals surface area contributed by atoms with Crippen LogP contribution in [0.3, 0.4) is 0 Å². The zero-order valence-electron chi connectivity index (χ0n) is 39.2. The number of hydrogen-bond donors (Lipinski definition) is 4. The third-order valence-corrected chi connectivity index (χ3v) is 13.3. The molecule has 0 spiro atoms. The zero-order chi connectivity index (χ0) is 49.2. The Morgan fingerprint density at radius 1 is 0.836 bits per heavy atom. The number of hydrogen-bond acceptors (Lipinski definition) is 15. The Balaban J connectivity index is 1.54. The van der Waals surface area contributed by atoms with Gasteiger partial charge in [-0.25, -0.2) is 19.2 Å². The summed E-state index contributed by atoms with van der Waals surface area (Å²) in [5, 5.41) is 39.9. The topological polar surface area (TPSA) is 231 Å². The molecule has 1 unspecified atom stereocenters. The van der Waals surface area contributed by atoms with E-state index < -0.39 is 119 Å². The molecule has 0 bridgehead atoms. The van der Waals surface area contributed by atoms with Gasteiger partial charge in [-0.2, -0.15) is 0 Å². The largest absolute Gasteiger partial charge is 0.456 e. The van der Waals surface area contributed by atoms with Gasteiger partial charge in [0.15, 0.2) is 23.6 Å². The lowest BCUT2D eigenvalue weighted by Crippen LogP contribution is -2.76. The van der Waals surface area contributed by atoms with Crippen molar-refractivity contribution in [3.63, 3.8) is 0 Å². The van der Waals surface area contributed by atoms with Gasteiger partial charge in [0.05, 0.1) is 29.9 Å². The molecule has 16 heteroatoms. The van der Waals surface area contributed by atoms with Crippen LogP contribution in [-0.4, -0.2) is 111 Å². The van der Waals surface area contributed by atoms with Gasteiger partial charge in [-0.05, 0) is 81.5 Å². The highest BCUT2D eigenvalue weighted by Crippen LogP contribution is 2.59. The minimum atomic E-state index is -2.47. The molecule has 3 aromatic carbocycles. The Bertz CT molecular complexity index is 2340. The average Bonchev–Trinajstić information content (AvgIpc) is 3.26. The smallest absolute Gasteiger partial charge is 0.408 e. The molecular formula is C51H61NO15. The van der Waals surface area contributed by atoms with Crippen LogP contribution in [-0.2, 0) is 42.8 Å². The zero-order valence-corrected chi connectivity index (χ0v) is 39.2. The van der Waals surface area contributed by atoms with Crippen molar-refractivity contribution in [3.05, 3.63) is 119 Å². The van der Waals surface area contributed by atoms with Crippen LogP contribution in [0.25, 0.3) is 0 Å². The van der Waals surface area contributed by atoms with E-state index in [0.717, 1.165) is 0 Å². The third-order valence-electron chi connectivity index (χ3n) is 13.3. The van der Waals surface area contributed by atoms with Crippen molar-refractivity contribution in [1.29, 1.82) is 0 Å². The fourth-order valence-corrected chi connectivity index (χ4v) is 9.86. The van der Waals surface area contributed by atoms with Crippen molar-refractivity contribution >= 4 is 35.8 Å². The highest BCUT2D eigenvalue weighted by atomic mass is 16.6. The van der Waals surface area contributed by atoms with Gasteiger partial charge in [-0.1, -0.05) is 87.5 Å². The van der Waals surface area contributed by atoms with Crippen LogP contribution in [0.5, 0.6) is 0 Å². The Labute approximate surface area is 389 Å². The van der Waals surface area contributed by atoms with E-state index in [1.165, 1.54) is 45.0 Å². The van der Waals surface area contributed by atoms with Gasteiger partial charge in [0.2, 0.25) is 0 Å². The molecule has 16 nitrogen and oxygen atoms in total. The molecule has 1 amide bonds. The summed E-state index contributed by atoms with van der Waals surface area (Å²) in [5.41, 5.74) is -6.12. The molecule has 3 aromatic rings. The van der Waals surface area contributed by atoms with Crippen molar-refractivity contribution in [2.75, 3.05) is 6.61 Å². The summed E-state index contributed by atoms with van der Waals surface area (Å²) >= 11 is 0. The van der Waals surface area contributed by atoms with Gasteiger partial charge in [0.1, 0.15) is 29.5 Å². The molecule has 0 radical (unpaired) electrons. The Kier molecular flexibility index (Phi) is 14.9. The molecule has 1 saturated carbocycles. The number of carbonyl (C=O) groups is 6. The molecule has 360 valence electrons. The predicted octanol–water partition coefficient (Wildman–Crippen LogP) is 5.76. The van der Waals surface area contributed by atoms with E-state index >= 15 is 0 Å². The van der Waals surface area contributed by atoms with E-state index in [4.69, 9.17) is 28.4 Å². The first-order valence-electron chi connectivity index (χ1n) is 22.3. The molecule has 4 N–H and O–H groups in total. The molecule has 2 fully saturated rings. The van der Waals surface area contributed by atoms with Crippen LogP contribution in [0.1, 0.15) is 107 Å². The molecule has 67 heavy (non-hydrogen) atoms. The summed E-state index contributed by atoms with van der Waals surface area (Å²) in [6.45, 7) is 13.4. The second-order valence-electron chi connectivity index (χ2n) is 19.2. The van der Waals surface area contributed by atoms with E-state index in [-0.39, 0.29) is 35.3 Å². The Morgan fingerprint density at radius 2 is 1.37 bits per heavy atom. The highest BCUT2D eigenvalue weighted by molar-refractivity contribution is 5.94. The van der Waals surface area contributed by atoms with Gasteiger partial charge in [-0.3, -0.25) is 9.59 Å². The first kappa shape index (κ1) is 50.5. The van der Waals surface area contributed by atoms with Crippen LogP contribution in [0, 0.1) is 17.3 Å². The molecule has 1 aliphatic heterocycles. The molecule has 3 aliphatic rings. The summed E-state index contributed by atoms with van der Waals surface area (Å²) in [6, 6.07) is 22.5. The van der Waals surface area contributed by atoms with E-state index in [1.807, 2.05) is 0 Å². The fraction of sp³-hybridized carbons (Fsp3) is 0.490. The molecular weight excluding hydrogens is 867 g/mol. The summed E-state index contributed by atoms with van der Waals surface area (Å²) in [6.07, 6.45) is -10.7. The Morgan fingerprint density at radius 3 is 1.87 bits per heavy atom. The lowest BCUT2D eigenvalue weighted by Gasteiger charge is -2.63. The maximum atomic E-state index is 14.5. The van der Waals surface area contributed by atoms with Crippen LogP contribution in [0.15, 0.2) is 102 Å². The van der Waals surface area contributed by atoms with Crippen LogP contribution >= 0.6 is 0 Å². The number of aliphatic hydroxyl groups is 3. The van der Waals surface area contributed by atoms with Crippen LogP contribution < -0.4 is 5.32 Å². The van der Waals surface area contributed by atoms with Gasteiger partial charge < -0.3 is 49.1 Å². The molecule has 6 rings (SSSR count). The van der Waals surface area contributed by atoms with E-state index in [2.05, 4.69) is 5.32 Å². The van der Waals surface area contributed by atoms with Crippen LogP contribution in [0.2, 0.25) is 0 Å². The number of ether oxygens (including phenoxy) is 6. The minimum Gasteiger partial charge on any atom is -0.456 e. The first-order chi connectivity index (χ1) is 31.4. The number of carbonyl (C=O) groups excluding carboxylic acids is 6. The molecule has 1 saturated heterocycles. The third kappa shape index (κ3) is 10.3. The summed E-state index contributed by atoms with van der Waals surface area (Å²) in [5.74, 6) is -6.56. The van der Waals surface area contributed by atoms with E-state index in [0.29, 0.717) is 5.56 Å². The normalized spacial score (nSPS) is 27.3. The SMILES string of the molecule is CC(=O)O[C@@]12CO[C@@H]1C[C@H](O)[C@H](C)C2[C@H](OC(=O)c1ccccc1)[C@]1(O)C[C@H](OC(=O)[C@H](O)[C@@H](NC(=O)OC(C)(C)C)c2ccccc2)C(C)=C([C@@H](OC(=O)c2ccccc2)C(C)=O)C1(C)C. The number of Topliss-reactive ketones (excluding diaryl/α,β-unsaturated/α-hetero) is 1. The number of rotatable bonds is 14. The van der Waals surface area contributed by atoms with E-state index in [9.17, 15) is 44.1 Å². The second-order valence-corrected chi connectivity index (χ2v) is 19.2. The number of fused-ring (bicyclic) bond motifs is 1. The fourth-order valence-electron chi connectivity index (χ4n) is 9.86. The predicted molar refractivity (Wildman–Crippen MR) is 240 cm³/mol. The number of ketones is 1. The first-order valence-corrected chi connectivity index (χ1v) is 22.3. The molecule has 2 aliphatic carbocycles. The van der Waals surface area contributed by atoms with Gasteiger partial charge in [0, 0.05) is 31.1 Å². The van der Waals surface area contributed by atoms with Crippen molar-refractivity contribution in [3.8, 4) is 0 Å². The van der Waals surface area contributed by atoms with Gasteiger partial charge in [-0.15, -0.1) is 0 Å². The number of alkyl carbamates (subject to hydrolysis) is 1.